The second kappa shape index (κ2) is 7.14. The number of ether oxygens (including phenoxy) is 2. The second-order valence-electron chi connectivity index (χ2n) is 3.98. The number of halogens is 3. The lowest BCUT2D eigenvalue weighted by Gasteiger charge is -2.15. The molecule has 0 fully saturated rings. The maximum absolute atomic E-state index is 12.1. The van der Waals surface area contributed by atoms with E-state index < -0.39 is 24.9 Å². The normalized spacial score (nSPS) is 12.8. The summed E-state index contributed by atoms with van der Waals surface area (Å²) in [5.74, 6) is -0.841. The van der Waals surface area contributed by atoms with Crippen molar-refractivity contribution in [2.24, 2.45) is 0 Å². The highest BCUT2D eigenvalue weighted by Gasteiger charge is 2.29. The van der Waals surface area contributed by atoms with Gasteiger partial charge in [0.1, 0.15) is 5.75 Å². The van der Waals surface area contributed by atoms with Crippen molar-refractivity contribution in [3.05, 3.63) is 29.8 Å². The van der Waals surface area contributed by atoms with E-state index >= 15 is 0 Å². The van der Waals surface area contributed by atoms with Crippen molar-refractivity contribution >= 4 is 5.97 Å². The molecule has 1 aromatic rings. The van der Waals surface area contributed by atoms with Gasteiger partial charge in [-0.1, -0.05) is 18.2 Å². The van der Waals surface area contributed by atoms with Gasteiger partial charge in [-0.05, 0) is 18.6 Å². The molecule has 0 bridgehead atoms. The Labute approximate surface area is 114 Å². The molecule has 0 spiro atoms. The number of alkyl halides is 3. The van der Waals surface area contributed by atoms with Crippen LogP contribution in [0.5, 0.6) is 5.75 Å². The molecule has 4 nitrogen and oxygen atoms in total. The molecule has 1 atom stereocenters. The summed E-state index contributed by atoms with van der Waals surface area (Å²) in [5, 5.41) is 9.60. The first kappa shape index (κ1) is 16.3. The Hall–Kier alpha value is -1.76. The van der Waals surface area contributed by atoms with Crippen molar-refractivity contribution in [2.45, 2.75) is 25.6 Å². The molecule has 1 rings (SSSR count). The molecular weight excluding hydrogens is 277 g/mol. The Balaban J connectivity index is 2.72. The molecule has 0 aliphatic rings. The van der Waals surface area contributed by atoms with E-state index in [1.807, 2.05) is 0 Å². The summed E-state index contributed by atoms with van der Waals surface area (Å²) in [6.45, 7) is 0.270. The van der Waals surface area contributed by atoms with Crippen molar-refractivity contribution in [3.63, 3.8) is 0 Å². The minimum atomic E-state index is -4.45. The summed E-state index contributed by atoms with van der Waals surface area (Å²) in [6, 6.07) is 5.91. The van der Waals surface area contributed by atoms with Gasteiger partial charge in [-0.3, -0.25) is 0 Å². The summed E-state index contributed by atoms with van der Waals surface area (Å²) < 4.78 is 45.6. The van der Waals surface area contributed by atoms with Crippen LogP contribution in [-0.2, 0) is 16.0 Å². The van der Waals surface area contributed by atoms with Crippen molar-refractivity contribution in [3.8, 4) is 5.75 Å². The fraction of sp³-hybridized carbons (Fsp3) is 0.462. The summed E-state index contributed by atoms with van der Waals surface area (Å²) in [7, 11) is 0. The number of hydrogen-bond donors (Lipinski definition) is 1. The van der Waals surface area contributed by atoms with E-state index in [-0.39, 0.29) is 18.8 Å². The minimum Gasteiger partial charge on any atom is -0.484 e. The number of para-hydroxylation sites is 1. The number of aliphatic hydroxyl groups excluding tert-OH is 1. The van der Waals surface area contributed by atoms with Crippen molar-refractivity contribution in [1.29, 1.82) is 0 Å². The van der Waals surface area contributed by atoms with Crippen LogP contribution in [0.4, 0.5) is 13.2 Å². The zero-order valence-electron chi connectivity index (χ0n) is 10.8. The smallest absolute Gasteiger partial charge is 0.422 e. The van der Waals surface area contributed by atoms with E-state index in [2.05, 4.69) is 9.47 Å². The molecule has 0 saturated carbocycles. The largest absolute Gasteiger partial charge is 0.484 e. The Morgan fingerprint density at radius 3 is 2.60 bits per heavy atom. The van der Waals surface area contributed by atoms with Gasteiger partial charge in [0.25, 0.3) is 0 Å². The van der Waals surface area contributed by atoms with Crippen LogP contribution in [0, 0.1) is 0 Å². The number of aliphatic hydroxyl groups is 1. The Kier molecular flexibility index (Phi) is 5.82. The zero-order chi connectivity index (χ0) is 15.2. The topological polar surface area (TPSA) is 55.8 Å². The molecule has 0 heterocycles. The summed E-state index contributed by atoms with van der Waals surface area (Å²) in [6.07, 6.45) is -6.06. The van der Waals surface area contributed by atoms with Gasteiger partial charge in [0.05, 0.1) is 6.61 Å². The van der Waals surface area contributed by atoms with Gasteiger partial charge >= 0.3 is 12.1 Å². The van der Waals surface area contributed by atoms with Crippen LogP contribution in [-0.4, -0.2) is 36.6 Å². The zero-order valence-corrected chi connectivity index (χ0v) is 10.8. The van der Waals surface area contributed by atoms with Gasteiger partial charge in [-0.15, -0.1) is 0 Å². The number of esters is 1. The first-order chi connectivity index (χ1) is 9.33. The van der Waals surface area contributed by atoms with Crippen LogP contribution in [0.3, 0.4) is 0 Å². The third kappa shape index (κ3) is 5.48. The van der Waals surface area contributed by atoms with E-state index in [0.717, 1.165) is 0 Å². The van der Waals surface area contributed by atoms with Crippen LogP contribution in [0.1, 0.15) is 12.5 Å². The third-order valence-electron chi connectivity index (χ3n) is 2.34. The van der Waals surface area contributed by atoms with E-state index in [1.165, 1.54) is 18.2 Å². The van der Waals surface area contributed by atoms with E-state index in [9.17, 15) is 23.1 Å². The highest BCUT2D eigenvalue weighted by atomic mass is 19.4. The summed E-state index contributed by atoms with van der Waals surface area (Å²) in [4.78, 5) is 11.3. The predicted molar refractivity (Wildman–Crippen MR) is 64.3 cm³/mol. The van der Waals surface area contributed by atoms with E-state index in [1.54, 1.807) is 13.0 Å². The van der Waals surface area contributed by atoms with Crippen molar-refractivity contribution < 1.29 is 32.5 Å². The molecule has 1 aromatic carbocycles. The second-order valence-corrected chi connectivity index (χ2v) is 3.98. The van der Waals surface area contributed by atoms with Gasteiger partial charge in [-0.25, -0.2) is 4.79 Å². The molecule has 7 heteroatoms. The van der Waals surface area contributed by atoms with Gasteiger partial charge in [0.15, 0.2) is 12.7 Å². The summed E-state index contributed by atoms with van der Waals surface area (Å²) >= 11 is 0. The van der Waals surface area contributed by atoms with Crippen LogP contribution in [0.15, 0.2) is 24.3 Å². The molecule has 112 valence electrons. The number of hydrogen-bond acceptors (Lipinski definition) is 4. The Morgan fingerprint density at radius 1 is 1.35 bits per heavy atom. The highest BCUT2D eigenvalue weighted by molar-refractivity contribution is 5.74. The lowest BCUT2D eigenvalue weighted by Crippen LogP contribution is -2.26. The number of benzene rings is 1. The number of carbonyl (C=O) groups excluding carboxylic acids is 1. The minimum absolute atomic E-state index is 0.0202. The standard InChI is InChI=1S/C13H15F3O4/c1-2-19-12(18)10(17)7-9-5-3-4-6-11(9)20-8-13(14,15)16/h3-6,10,17H,2,7-8H2,1H3/t10-/m1/s1. The van der Waals surface area contributed by atoms with Crippen LogP contribution < -0.4 is 4.74 Å². The molecule has 0 aliphatic heterocycles. The third-order valence-corrected chi connectivity index (χ3v) is 2.34. The lowest BCUT2D eigenvalue weighted by atomic mass is 10.1. The number of rotatable bonds is 6. The molecule has 0 aromatic heterocycles. The van der Waals surface area contributed by atoms with Gasteiger partial charge in [0.2, 0.25) is 0 Å². The first-order valence-electron chi connectivity index (χ1n) is 5.95. The van der Waals surface area contributed by atoms with E-state index in [4.69, 9.17) is 0 Å². The molecule has 0 saturated heterocycles. The highest BCUT2D eigenvalue weighted by Crippen LogP contribution is 2.23. The Bertz CT molecular complexity index is 445. The SMILES string of the molecule is CCOC(=O)[C@H](O)Cc1ccccc1OCC(F)(F)F. The monoisotopic (exact) mass is 292 g/mol. The molecule has 0 radical (unpaired) electrons. The molecule has 1 N–H and O–H groups in total. The molecular formula is C13H15F3O4. The average molecular weight is 292 g/mol. The van der Waals surface area contributed by atoms with E-state index in [0.29, 0.717) is 5.56 Å². The number of carbonyl (C=O) groups is 1. The average Bonchev–Trinajstić information content (AvgIpc) is 2.37. The fourth-order valence-corrected chi connectivity index (χ4v) is 1.50. The maximum Gasteiger partial charge on any atom is 0.422 e. The predicted octanol–water partition coefficient (Wildman–Crippen LogP) is 2.09. The molecule has 20 heavy (non-hydrogen) atoms. The van der Waals surface area contributed by atoms with Crippen LogP contribution >= 0.6 is 0 Å². The van der Waals surface area contributed by atoms with Gasteiger partial charge in [0, 0.05) is 6.42 Å². The lowest BCUT2D eigenvalue weighted by molar-refractivity contribution is -0.154. The first-order valence-corrected chi connectivity index (χ1v) is 5.95. The molecule has 0 unspecified atom stereocenters. The summed E-state index contributed by atoms with van der Waals surface area (Å²) in [5.41, 5.74) is 0.303. The molecule has 0 amide bonds. The quantitative estimate of drug-likeness (QED) is 0.816. The maximum atomic E-state index is 12.1. The van der Waals surface area contributed by atoms with Crippen LogP contribution in [0.2, 0.25) is 0 Å². The van der Waals surface area contributed by atoms with Gasteiger partial charge < -0.3 is 14.6 Å². The molecule has 0 aliphatic carbocycles. The Morgan fingerprint density at radius 2 is 2.00 bits per heavy atom. The van der Waals surface area contributed by atoms with Crippen molar-refractivity contribution in [1.82, 2.24) is 0 Å². The van der Waals surface area contributed by atoms with Crippen LogP contribution in [0.25, 0.3) is 0 Å². The van der Waals surface area contributed by atoms with Crippen molar-refractivity contribution in [2.75, 3.05) is 13.2 Å². The fourth-order valence-electron chi connectivity index (χ4n) is 1.50. The van der Waals surface area contributed by atoms with Gasteiger partial charge in [-0.2, -0.15) is 13.2 Å².